The van der Waals surface area contributed by atoms with Crippen LogP contribution in [-0.2, 0) is 5.88 Å². The van der Waals surface area contributed by atoms with Gasteiger partial charge in [0.2, 0.25) is 0 Å². The molecule has 0 spiro atoms. The van der Waals surface area contributed by atoms with Crippen LogP contribution in [0, 0.1) is 6.92 Å². The molecular formula is C13H11BrClNO. The molecule has 0 fully saturated rings. The molecule has 0 unspecified atom stereocenters. The van der Waals surface area contributed by atoms with E-state index >= 15 is 0 Å². The summed E-state index contributed by atoms with van der Waals surface area (Å²) in [5, 5.41) is 0. The number of aromatic nitrogens is 1. The minimum atomic E-state index is 0.429. The molecule has 2 aromatic rings. The highest BCUT2D eigenvalue weighted by atomic mass is 79.9. The number of rotatable bonds is 3. The molecule has 4 heteroatoms. The fraction of sp³-hybridized carbons (Fsp3) is 0.154. The molecule has 2 nitrogen and oxygen atoms in total. The monoisotopic (exact) mass is 311 g/mol. The first-order valence-electron chi connectivity index (χ1n) is 5.13. The summed E-state index contributed by atoms with van der Waals surface area (Å²) < 4.78 is 6.64. The molecule has 0 radical (unpaired) electrons. The number of hydrogen-bond donors (Lipinski definition) is 0. The lowest BCUT2D eigenvalue weighted by Gasteiger charge is -2.10. The van der Waals surface area contributed by atoms with Crippen molar-refractivity contribution in [3.63, 3.8) is 0 Å². The van der Waals surface area contributed by atoms with E-state index in [1.54, 1.807) is 12.4 Å². The SMILES string of the molecule is Cc1ccc(Oc2cncc(Br)c2)c(CCl)c1. The molecule has 0 saturated carbocycles. The van der Waals surface area contributed by atoms with Crippen LogP contribution >= 0.6 is 27.5 Å². The maximum absolute atomic E-state index is 5.90. The fourth-order valence-corrected chi connectivity index (χ4v) is 2.04. The molecule has 1 aromatic heterocycles. The molecule has 0 bridgehead atoms. The van der Waals surface area contributed by atoms with Crippen molar-refractivity contribution in [2.45, 2.75) is 12.8 Å². The van der Waals surface area contributed by atoms with Crippen LogP contribution < -0.4 is 4.74 Å². The van der Waals surface area contributed by atoms with E-state index < -0.39 is 0 Å². The maximum Gasteiger partial charge on any atom is 0.146 e. The van der Waals surface area contributed by atoms with Gasteiger partial charge in [0.05, 0.1) is 12.1 Å². The van der Waals surface area contributed by atoms with E-state index in [0.717, 1.165) is 15.8 Å². The first-order valence-corrected chi connectivity index (χ1v) is 6.45. The number of hydrogen-bond acceptors (Lipinski definition) is 2. The summed E-state index contributed by atoms with van der Waals surface area (Å²) in [5.74, 6) is 1.89. The lowest BCUT2D eigenvalue weighted by molar-refractivity contribution is 0.475. The van der Waals surface area contributed by atoms with Crippen LogP contribution in [-0.4, -0.2) is 4.98 Å². The zero-order valence-corrected chi connectivity index (χ0v) is 11.6. The second kappa shape index (κ2) is 5.52. The second-order valence-corrected chi connectivity index (χ2v) is 4.87. The highest BCUT2D eigenvalue weighted by Gasteiger charge is 2.05. The van der Waals surface area contributed by atoms with Crippen molar-refractivity contribution in [2.75, 3.05) is 0 Å². The summed E-state index contributed by atoms with van der Waals surface area (Å²) >= 11 is 9.25. The van der Waals surface area contributed by atoms with Gasteiger partial charge in [0.15, 0.2) is 0 Å². The Morgan fingerprint density at radius 3 is 2.82 bits per heavy atom. The molecule has 0 atom stereocenters. The third-order valence-corrected chi connectivity index (χ3v) is 2.99. The van der Waals surface area contributed by atoms with Gasteiger partial charge in [0.25, 0.3) is 0 Å². The molecule has 88 valence electrons. The van der Waals surface area contributed by atoms with Gasteiger partial charge in [-0.3, -0.25) is 4.98 Å². The van der Waals surface area contributed by atoms with Gasteiger partial charge < -0.3 is 4.74 Å². The molecule has 1 aromatic carbocycles. The third kappa shape index (κ3) is 3.20. The van der Waals surface area contributed by atoms with Crippen molar-refractivity contribution in [2.24, 2.45) is 0 Å². The molecular weight excluding hydrogens is 302 g/mol. The number of aryl methyl sites for hydroxylation is 1. The number of nitrogens with zero attached hydrogens (tertiary/aromatic N) is 1. The standard InChI is InChI=1S/C13H11BrClNO/c1-9-2-3-13(10(4-9)6-15)17-12-5-11(14)7-16-8-12/h2-5,7-8H,6H2,1H3. The number of alkyl halides is 1. The molecule has 0 amide bonds. The van der Waals surface area contributed by atoms with Gasteiger partial charge in [-0.1, -0.05) is 17.7 Å². The molecule has 0 aliphatic rings. The molecule has 2 rings (SSSR count). The van der Waals surface area contributed by atoms with Crippen LogP contribution in [0.2, 0.25) is 0 Å². The van der Waals surface area contributed by atoms with Crippen molar-refractivity contribution in [3.8, 4) is 11.5 Å². The minimum Gasteiger partial charge on any atom is -0.455 e. The number of benzene rings is 1. The smallest absolute Gasteiger partial charge is 0.146 e. The van der Waals surface area contributed by atoms with Gasteiger partial charge in [-0.2, -0.15) is 0 Å². The Labute approximate surface area is 114 Å². The van der Waals surface area contributed by atoms with Crippen LogP contribution in [0.5, 0.6) is 11.5 Å². The van der Waals surface area contributed by atoms with Crippen molar-refractivity contribution < 1.29 is 4.74 Å². The molecule has 1 heterocycles. The van der Waals surface area contributed by atoms with Gasteiger partial charge in [-0.15, -0.1) is 11.6 Å². The number of pyridine rings is 1. The summed E-state index contributed by atoms with van der Waals surface area (Å²) in [6, 6.07) is 7.81. The lowest BCUT2D eigenvalue weighted by Crippen LogP contribution is -1.91. The predicted octanol–water partition coefficient (Wildman–Crippen LogP) is 4.68. The third-order valence-electron chi connectivity index (χ3n) is 2.27. The van der Waals surface area contributed by atoms with Crippen molar-refractivity contribution in [1.82, 2.24) is 4.98 Å². The summed E-state index contributed by atoms with van der Waals surface area (Å²) in [5.41, 5.74) is 2.15. The van der Waals surface area contributed by atoms with Crippen LogP contribution in [0.15, 0.2) is 41.1 Å². The van der Waals surface area contributed by atoms with E-state index in [2.05, 4.69) is 20.9 Å². The van der Waals surface area contributed by atoms with Crippen LogP contribution in [0.1, 0.15) is 11.1 Å². The average molecular weight is 313 g/mol. The van der Waals surface area contributed by atoms with Crippen molar-refractivity contribution in [3.05, 3.63) is 52.3 Å². The summed E-state index contributed by atoms with van der Waals surface area (Å²) in [6.07, 6.45) is 3.38. The van der Waals surface area contributed by atoms with Gasteiger partial charge in [-0.05, 0) is 35.0 Å². The number of ether oxygens (including phenoxy) is 1. The van der Waals surface area contributed by atoms with Crippen molar-refractivity contribution in [1.29, 1.82) is 0 Å². The van der Waals surface area contributed by atoms with E-state index in [1.165, 1.54) is 5.56 Å². The Hall–Kier alpha value is -1.06. The molecule has 0 aliphatic carbocycles. The second-order valence-electron chi connectivity index (χ2n) is 3.69. The highest BCUT2D eigenvalue weighted by Crippen LogP contribution is 2.28. The molecule has 0 saturated heterocycles. The molecule has 17 heavy (non-hydrogen) atoms. The van der Waals surface area contributed by atoms with Crippen LogP contribution in [0.4, 0.5) is 0 Å². The zero-order valence-electron chi connectivity index (χ0n) is 9.28. The lowest BCUT2D eigenvalue weighted by atomic mass is 10.1. The summed E-state index contributed by atoms with van der Waals surface area (Å²) in [6.45, 7) is 2.03. The van der Waals surface area contributed by atoms with E-state index in [4.69, 9.17) is 16.3 Å². The van der Waals surface area contributed by atoms with Gasteiger partial charge in [0.1, 0.15) is 11.5 Å². The first-order chi connectivity index (χ1) is 8.19. The molecule has 0 N–H and O–H groups in total. The van der Waals surface area contributed by atoms with E-state index in [9.17, 15) is 0 Å². The van der Waals surface area contributed by atoms with Gasteiger partial charge >= 0.3 is 0 Å². The van der Waals surface area contributed by atoms with Gasteiger partial charge in [0, 0.05) is 16.2 Å². The van der Waals surface area contributed by atoms with Crippen LogP contribution in [0.25, 0.3) is 0 Å². The average Bonchev–Trinajstić information content (AvgIpc) is 2.31. The maximum atomic E-state index is 5.90. The van der Waals surface area contributed by atoms with E-state index in [-0.39, 0.29) is 0 Å². The number of halogens is 2. The van der Waals surface area contributed by atoms with E-state index in [1.807, 2.05) is 31.2 Å². The quantitative estimate of drug-likeness (QED) is 0.767. The Morgan fingerprint density at radius 2 is 2.12 bits per heavy atom. The van der Waals surface area contributed by atoms with Crippen LogP contribution in [0.3, 0.4) is 0 Å². The zero-order chi connectivity index (χ0) is 12.3. The summed E-state index contributed by atoms with van der Waals surface area (Å²) in [7, 11) is 0. The molecule has 0 aliphatic heterocycles. The largest absolute Gasteiger partial charge is 0.455 e. The highest BCUT2D eigenvalue weighted by molar-refractivity contribution is 9.10. The Morgan fingerprint density at radius 1 is 1.29 bits per heavy atom. The Kier molecular flexibility index (Phi) is 4.02. The Bertz CT molecular complexity index is 531. The van der Waals surface area contributed by atoms with E-state index in [0.29, 0.717) is 11.6 Å². The normalized spacial score (nSPS) is 10.3. The predicted molar refractivity (Wildman–Crippen MR) is 72.7 cm³/mol. The topological polar surface area (TPSA) is 22.1 Å². The summed E-state index contributed by atoms with van der Waals surface area (Å²) in [4.78, 5) is 4.05. The van der Waals surface area contributed by atoms with Crippen molar-refractivity contribution >= 4 is 27.5 Å². The fourth-order valence-electron chi connectivity index (χ4n) is 1.49. The van der Waals surface area contributed by atoms with Gasteiger partial charge in [-0.25, -0.2) is 0 Å². The minimum absolute atomic E-state index is 0.429. The first kappa shape index (κ1) is 12.4. The Balaban J connectivity index is 2.29.